The van der Waals surface area contributed by atoms with Gasteiger partial charge in [-0.2, -0.15) is 0 Å². The molecule has 4 nitrogen and oxygen atoms in total. The van der Waals surface area contributed by atoms with Gasteiger partial charge in [-0.1, -0.05) is 35.3 Å². The van der Waals surface area contributed by atoms with E-state index in [1.807, 2.05) is 18.2 Å². The normalized spacial score (nSPS) is 12.3. The van der Waals surface area contributed by atoms with E-state index in [1.165, 1.54) is 0 Å². The van der Waals surface area contributed by atoms with Gasteiger partial charge in [0.1, 0.15) is 0 Å². The van der Waals surface area contributed by atoms with Gasteiger partial charge in [-0.15, -0.1) is 0 Å². The van der Waals surface area contributed by atoms with Crippen LogP contribution < -0.4 is 9.47 Å². The molecular weight excluding hydrogens is 325 g/mol. The van der Waals surface area contributed by atoms with E-state index in [-0.39, 0.29) is 17.7 Å². The van der Waals surface area contributed by atoms with Gasteiger partial charge in [-0.25, -0.2) is 0 Å². The van der Waals surface area contributed by atoms with Gasteiger partial charge in [0.15, 0.2) is 11.5 Å². The maximum Gasteiger partial charge on any atom is 0.255 e. The molecule has 3 rings (SSSR count). The second-order valence-corrected chi connectivity index (χ2v) is 5.74. The highest BCUT2D eigenvalue weighted by molar-refractivity contribution is 6.43. The maximum atomic E-state index is 12.5. The third kappa shape index (κ3) is 2.85. The van der Waals surface area contributed by atoms with Crippen LogP contribution in [0, 0.1) is 0 Å². The first-order chi connectivity index (χ1) is 10.6. The molecule has 0 aromatic heterocycles. The lowest BCUT2D eigenvalue weighted by molar-refractivity contribution is 0.0785. The van der Waals surface area contributed by atoms with E-state index in [4.69, 9.17) is 32.7 Å². The Morgan fingerprint density at radius 1 is 1.18 bits per heavy atom. The molecule has 0 aliphatic carbocycles. The van der Waals surface area contributed by atoms with Gasteiger partial charge in [0.25, 0.3) is 5.91 Å². The van der Waals surface area contributed by atoms with Crippen LogP contribution in [0.2, 0.25) is 10.0 Å². The number of hydrogen-bond donors (Lipinski definition) is 0. The van der Waals surface area contributed by atoms with E-state index in [0.717, 1.165) is 11.3 Å². The summed E-state index contributed by atoms with van der Waals surface area (Å²) in [5.74, 6) is 1.22. The highest BCUT2D eigenvalue weighted by Gasteiger charge is 2.18. The van der Waals surface area contributed by atoms with Crippen LogP contribution in [0.15, 0.2) is 36.4 Å². The summed E-state index contributed by atoms with van der Waals surface area (Å²) in [7, 11) is 1.71. The molecule has 1 aliphatic rings. The minimum atomic E-state index is -0.190. The van der Waals surface area contributed by atoms with Crippen LogP contribution in [0.25, 0.3) is 0 Å². The van der Waals surface area contributed by atoms with Crippen molar-refractivity contribution >= 4 is 29.1 Å². The number of rotatable bonds is 3. The number of halogens is 2. The fraction of sp³-hybridized carbons (Fsp3) is 0.188. The molecule has 0 bridgehead atoms. The van der Waals surface area contributed by atoms with Gasteiger partial charge in [0, 0.05) is 13.6 Å². The summed E-state index contributed by atoms with van der Waals surface area (Å²) in [6, 6.07) is 10.6. The average molecular weight is 338 g/mol. The van der Waals surface area contributed by atoms with E-state index >= 15 is 0 Å². The Kier molecular flexibility index (Phi) is 4.14. The first-order valence-corrected chi connectivity index (χ1v) is 7.40. The molecule has 1 aliphatic heterocycles. The Morgan fingerprint density at radius 3 is 2.77 bits per heavy atom. The molecule has 0 unspecified atom stereocenters. The molecule has 2 aromatic rings. The lowest BCUT2D eigenvalue weighted by Crippen LogP contribution is -2.26. The second kappa shape index (κ2) is 6.07. The standard InChI is InChI=1S/C16H13Cl2NO3/c1-19(16(20)11-3-2-4-12(17)15(11)18)8-10-5-6-13-14(7-10)22-9-21-13/h2-7H,8-9H2,1H3. The van der Waals surface area contributed by atoms with Crippen molar-refractivity contribution in [3.8, 4) is 11.5 Å². The van der Waals surface area contributed by atoms with Gasteiger partial charge < -0.3 is 14.4 Å². The number of benzene rings is 2. The lowest BCUT2D eigenvalue weighted by Gasteiger charge is -2.18. The topological polar surface area (TPSA) is 38.8 Å². The summed E-state index contributed by atoms with van der Waals surface area (Å²) < 4.78 is 10.6. The van der Waals surface area contributed by atoms with E-state index in [0.29, 0.717) is 22.9 Å². The average Bonchev–Trinajstić information content (AvgIpc) is 2.97. The number of nitrogens with zero attached hydrogens (tertiary/aromatic N) is 1. The highest BCUT2D eigenvalue weighted by atomic mass is 35.5. The van der Waals surface area contributed by atoms with Crippen LogP contribution >= 0.6 is 23.2 Å². The number of fused-ring (bicyclic) bond motifs is 1. The third-order valence-corrected chi connectivity index (χ3v) is 4.20. The Labute approximate surface area is 138 Å². The molecule has 0 fully saturated rings. The Morgan fingerprint density at radius 2 is 1.95 bits per heavy atom. The smallest absolute Gasteiger partial charge is 0.255 e. The van der Waals surface area contributed by atoms with Crippen LogP contribution in [-0.2, 0) is 6.54 Å². The first kappa shape index (κ1) is 15.0. The molecule has 6 heteroatoms. The van der Waals surface area contributed by atoms with Gasteiger partial charge in [-0.05, 0) is 29.8 Å². The Bertz CT molecular complexity index is 733. The van der Waals surface area contributed by atoms with Gasteiger partial charge >= 0.3 is 0 Å². The number of amides is 1. The van der Waals surface area contributed by atoms with Crippen molar-refractivity contribution in [3.63, 3.8) is 0 Å². The van der Waals surface area contributed by atoms with Crippen LogP contribution in [0.1, 0.15) is 15.9 Å². The SMILES string of the molecule is CN(Cc1ccc2c(c1)OCO2)C(=O)c1cccc(Cl)c1Cl. The fourth-order valence-electron chi connectivity index (χ4n) is 2.26. The predicted molar refractivity (Wildman–Crippen MR) is 84.8 cm³/mol. The minimum absolute atomic E-state index is 0.190. The molecule has 0 N–H and O–H groups in total. The largest absolute Gasteiger partial charge is 0.454 e. The van der Waals surface area contributed by atoms with Gasteiger partial charge in [0.05, 0.1) is 15.6 Å². The van der Waals surface area contributed by atoms with Gasteiger partial charge in [-0.3, -0.25) is 4.79 Å². The summed E-state index contributed by atoms with van der Waals surface area (Å²) in [4.78, 5) is 14.1. The summed E-state index contributed by atoms with van der Waals surface area (Å²) in [5.41, 5.74) is 1.33. The van der Waals surface area contributed by atoms with Crippen molar-refractivity contribution in [3.05, 3.63) is 57.6 Å². The zero-order valence-corrected chi connectivity index (χ0v) is 13.3. The molecule has 0 atom stereocenters. The maximum absolute atomic E-state index is 12.5. The van der Waals surface area contributed by atoms with Crippen LogP contribution in [0.4, 0.5) is 0 Å². The zero-order valence-electron chi connectivity index (χ0n) is 11.8. The molecule has 114 valence electrons. The molecule has 1 amide bonds. The van der Waals surface area contributed by atoms with Crippen LogP contribution in [0.5, 0.6) is 11.5 Å². The highest BCUT2D eigenvalue weighted by Crippen LogP contribution is 2.33. The monoisotopic (exact) mass is 337 g/mol. The molecule has 0 saturated heterocycles. The quantitative estimate of drug-likeness (QED) is 0.849. The molecule has 1 heterocycles. The number of ether oxygens (including phenoxy) is 2. The summed E-state index contributed by atoms with van der Waals surface area (Å²) >= 11 is 12.0. The van der Waals surface area contributed by atoms with Crippen molar-refractivity contribution in [1.82, 2.24) is 4.90 Å². The van der Waals surface area contributed by atoms with Crippen LogP contribution in [-0.4, -0.2) is 24.6 Å². The van der Waals surface area contributed by atoms with E-state index in [1.54, 1.807) is 30.1 Å². The number of carbonyl (C=O) groups excluding carboxylic acids is 1. The van der Waals surface area contributed by atoms with Crippen molar-refractivity contribution < 1.29 is 14.3 Å². The summed E-state index contributed by atoms with van der Waals surface area (Å²) in [6.07, 6.45) is 0. The van der Waals surface area contributed by atoms with Crippen molar-refractivity contribution in [1.29, 1.82) is 0 Å². The van der Waals surface area contributed by atoms with Crippen molar-refractivity contribution in [2.24, 2.45) is 0 Å². The summed E-state index contributed by atoms with van der Waals surface area (Å²) in [5, 5.41) is 0.635. The van der Waals surface area contributed by atoms with E-state index < -0.39 is 0 Å². The summed E-state index contributed by atoms with van der Waals surface area (Å²) in [6.45, 7) is 0.657. The number of hydrogen-bond acceptors (Lipinski definition) is 3. The zero-order chi connectivity index (χ0) is 15.7. The Hall–Kier alpha value is -1.91. The lowest BCUT2D eigenvalue weighted by atomic mass is 10.1. The van der Waals surface area contributed by atoms with Crippen LogP contribution in [0.3, 0.4) is 0 Å². The molecule has 22 heavy (non-hydrogen) atoms. The second-order valence-electron chi connectivity index (χ2n) is 4.95. The Balaban J connectivity index is 1.78. The minimum Gasteiger partial charge on any atom is -0.454 e. The fourth-order valence-corrected chi connectivity index (χ4v) is 2.64. The van der Waals surface area contributed by atoms with E-state index in [9.17, 15) is 4.79 Å². The predicted octanol–water partition coefficient (Wildman–Crippen LogP) is 3.99. The number of carbonyl (C=O) groups is 1. The van der Waals surface area contributed by atoms with Gasteiger partial charge in [0.2, 0.25) is 6.79 Å². The molecule has 2 aromatic carbocycles. The van der Waals surface area contributed by atoms with Crippen molar-refractivity contribution in [2.45, 2.75) is 6.54 Å². The van der Waals surface area contributed by atoms with E-state index in [2.05, 4.69) is 0 Å². The molecular formula is C16H13Cl2NO3. The molecule has 0 saturated carbocycles. The molecule has 0 spiro atoms. The van der Waals surface area contributed by atoms with Crippen molar-refractivity contribution in [2.75, 3.05) is 13.8 Å². The molecule has 0 radical (unpaired) electrons. The third-order valence-electron chi connectivity index (χ3n) is 3.39. The first-order valence-electron chi connectivity index (χ1n) is 6.64.